The molecule has 6 rings (SSSR count). The van der Waals surface area contributed by atoms with E-state index in [4.69, 9.17) is 16.9 Å². The molecule has 3 aliphatic rings. The van der Waals surface area contributed by atoms with Crippen LogP contribution in [0.2, 0.25) is 5.02 Å². The summed E-state index contributed by atoms with van der Waals surface area (Å²) < 4.78 is 40.6. The van der Waals surface area contributed by atoms with Crippen LogP contribution in [-0.4, -0.2) is 79.5 Å². The maximum atomic E-state index is 12.8. The molecule has 38 heavy (non-hydrogen) atoms. The van der Waals surface area contributed by atoms with Crippen LogP contribution in [0, 0.1) is 11.3 Å². The molecule has 0 radical (unpaired) electrons. The van der Waals surface area contributed by atoms with Crippen molar-refractivity contribution in [2.45, 2.75) is 44.1 Å². The van der Waals surface area contributed by atoms with Gasteiger partial charge in [0.2, 0.25) is 5.95 Å². The second-order valence-corrected chi connectivity index (χ2v) is 10.5. The number of alkyl halides is 3. The molecular formula is C25H25ClF3N9. The van der Waals surface area contributed by atoms with E-state index in [1.165, 1.54) is 4.90 Å². The quantitative estimate of drug-likeness (QED) is 0.494. The van der Waals surface area contributed by atoms with E-state index in [2.05, 4.69) is 40.6 Å². The predicted octanol–water partition coefficient (Wildman–Crippen LogP) is 3.53. The molecule has 9 nitrogen and oxygen atoms in total. The lowest BCUT2D eigenvalue weighted by atomic mass is 9.95. The molecule has 5 heterocycles. The van der Waals surface area contributed by atoms with Crippen LogP contribution in [-0.2, 0) is 13.1 Å². The maximum Gasteiger partial charge on any atom is 0.401 e. The number of anilines is 1. The van der Waals surface area contributed by atoms with Crippen molar-refractivity contribution in [2.75, 3.05) is 37.6 Å². The average molecular weight is 544 g/mol. The molecule has 2 saturated heterocycles. The third kappa shape index (κ3) is 4.93. The first kappa shape index (κ1) is 25.0. The van der Waals surface area contributed by atoms with Gasteiger partial charge in [-0.2, -0.15) is 18.4 Å². The molecule has 0 spiro atoms. The van der Waals surface area contributed by atoms with Gasteiger partial charge in [-0.15, -0.1) is 10.2 Å². The standard InChI is InChI=1S/C25H25ClF3N9/c26-18-1-2-21-17(9-18)11-37(20-12-35(13-20)15-25(27,28)29)14-22-33-34-23(38(21)22)16-4-7-36(8-5-16)24-31-6-3-19(10-30)32-24/h1-3,6,9,16,20H,4-5,7-8,11-15H2. The van der Waals surface area contributed by atoms with Crippen LogP contribution >= 0.6 is 11.6 Å². The fourth-order valence-electron chi connectivity index (χ4n) is 5.63. The molecule has 13 heteroatoms. The third-order valence-corrected chi connectivity index (χ3v) is 7.75. The summed E-state index contributed by atoms with van der Waals surface area (Å²) in [6.07, 6.45) is -0.956. The van der Waals surface area contributed by atoms with Crippen molar-refractivity contribution in [2.24, 2.45) is 0 Å². The van der Waals surface area contributed by atoms with Crippen molar-refractivity contribution >= 4 is 17.5 Å². The Hall–Kier alpha value is -3.27. The topological polar surface area (TPSA) is 90.0 Å². The van der Waals surface area contributed by atoms with Crippen LogP contribution in [0.5, 0.6) is 0 Å². The van der Waals surface area contributed by atoms with E-state index in [-0.39, 0.29) is 12.0 Å². The molecule has 0 N–H and O–H groups in total. The maximum absolute atomic E-state index is 12.8. The number of benzene rings is 1. The number of hydrogen-bond acceptors (Lipinski definition) is 8. The summed E-state index contributed by atoms with van der Waals surface area (Å²) in [4.78, 5) is 14.3. The van der Waals surface area contributed by atoms with E-state index in [1.807, 2.05) is 18.2 Å². The van der Waals surface area contributed by atoms with Gasteiger partial charge in [-0.3, -0.25) is 14.4 Å². The largest absolute Gasteiger partial charge is 0.401 e. The molecule has 3 aromatic rings. The average Bonchev–Trinajstić information content (AvgIpc) is 3.21. The smallest absolute Gasteiger partial charge is 0.341 e. The van der Waals surface area contributed by atoms with E-state index in [0.29, 0.717) is 42.8 Å². The van der Waals surface area contributed by atoms with E-state index in [1.54, 1.807) is 12.3 Å². The number of rotatable bonds is 4. The number of nitrogens with zero attached hydrogens (tertiary/aromatic N) is 9. The molecule has 2 fully saturated rings. The highest BCUT2D eigenvalue weighted by molar-refractivity contribution is 6.30. The minimum atomic E-state index is -4.20. The molecule has 2 aromatic heterocycles. The highest BCUT2D eigenvalue weighted by Gasteiger charge is 2.40. The van der Waals surface area contributed by atoms with E-state index >= 15 is 0 Å². The highest BCUT2D eigenvalue weighted by Crippen LogP contribution is 2.35. The summed E-state index contributed by atoms with van der Waals surface area (Å²) >= 11 is 6.36. The zero-order valence-electron chi connectivity index (χ0n) is 20.4. The normalized spacial score (nSPS) is 19.4. The number of likely N-dealkylation sites (tertiary alicyclic amines) is 1. The lowest BCUT2D eigenvalue weighted by Crippen LogP contribution is -2.60. The van der Waals surface area contributed by atoms with Crippen LogP contribution < -0.4 is 4.90 Å². The number of piperidine rings is 1. The van der Waals surface area contributed by atoms with E-state index in [9.17, 15) is 13.2 Å². The molecule has 1 aromatic carbocycles. The Morgan fingerprint density at radius 1 is 1.08 bits per heavy atom. The SMILES string of the molecule is N#Cc1ccnc(N2CCC(c3nnc4n3-c3ccc(Cl)cc3CN(C3CN(CC(F)(F)F)C3)C4)CC2)n1. The third-order valence-electron chi connectivity index (χ3n) is 7.51. The fourth-order valence-corrected chi connectivity index (χ4v) is 5.82. The van der Waals surface area contributed by atoms with Crippen molar-refractivity contribution in [3.8, 4) is 11.8 Å². The van der Waals surface area contributed by atoms with Crippen LogP contribution in [0.3, 0.4) is 0 Å². The van der Waals surface area contributed by atoms with Gasteiger partial charge in [-0.1, -0.05) is 11.6 Å². The van der Waals surface area contributed by atoms with Gasteiger partial charge in [0.05, 0.1) is 18.8 Å². The first-order chi connectivity index (χ1) is 18.3. The van der Waals surface area contributed by atoms with Crippen molar-refractivity contribution in [3.05, 3.63) is 58.4 Å². The Labute approximate surface area is 222 Å². The first-order valence-electron chi connectivity index (χ1n) is 12.5. The number of nitriles is 1. The summed E-state index contributed by atoms with van der Waals surface area (Å²) in [6, 6.07) is 9.40. The zero-order valence-corrected chi connectivity index (χ0v) is 21.2. The second kappa shape index (κ2) is 9.80. The number of hydrogen-bond donors (Lipinski definition) is 0. The lowest BCUT2D eigenvalue weighted by molar-refractivity contribution is -0.161. The van der Waals surface area contributed by atoms with Crippen LogP contribution in [0.1, 0.15) is 41.7 Å². The molecule has 3 aliphatic heterocycles. The molecule has 0 atom stereocenters. The molecular weight excluding hydrogens is 519 g/mol. The molecule has 0 amide bonds. The van der Waals surface area contributed by atoms with Crippen LogP contribution in [0.25, 0.3) is 5.69 Å². The van der Waals surface area contributed by atoms with Gasteiger partial charge in [-0.05, 0) is 42.7 Å². The summed E-state index contributed by atoms with van der Waals surface area (Å²) in [5.41, 5.74) is 2.31. The first-order valence-corrected chi connectivity index (χ1v) is 12.9. The van der Waals surface area contributed by atoms with Gasteiger partial charge >= 0.3 is 6.18 Å². The molecule has 198 valence electrons. The van der Waals surface area contributed by atoms with Gasteiger partial charge in [0, 0.05) is 55.9 Å². The van der Waals surface area contributed by atoms with Gasteiger partial charge in [0.1, 0.15) is 17.6 Å². The van der Waals surface area contributed by atoms with Crippen molar-refractivity contribution in [3.63, 3.8) is 0 Å². The number of aromatic nitrogens is 5. The lowest BCUT2D eigenvalue weighted by Gasteiger charge is -2.45. The van der Waals surface area contributed by atoms with Gasteiger partial charge < -0.3 is 4.90 Å². The van der Waals surface area contributed by atoms with Crippen LogP contribution in [0.4, 0.5) is 19.1 Å². The van der Waals surface area contributed by atoms with Gasteiger partial charge in [-0.25, -0.2) is 9.97 Å². The van der Waals surface area contributed by atoms with Crippen molar-refractivity contribution in [1.29, 1.82) is 5.26 Å². The highest BCUT2D eigenvalue weighted by atomic mass is 35.5. The summed E-state index contributed by atoms with van der Waals surface area (Å²) in [7, 11) is 0. The zero-order chi connectivity index (χ0) is 26.4. The number of halogens is 4. The Bertz CT molecular complexity index is 1370. The van der Waals surface area contributed by atoms with Gasteiger partial charge in [0.25, 0.3) is 0 Å². The van der Waals surface area contributed by atoms with E-state index in [0.717, 1.165) is 48.8 Å². The van der Waals surface area contributed by atoms with Crippen molar-refractivity contribution in [1.82, 2.24) is 34.5 Å². The molecule has 0 aliphatic carbocycles. The van der Waals surface area contributed by atoms with Crippen LogP contribution in [0.15, 0.2) is 30.5 Å². The van der Waals surface area contributed by atoms with Crippen molar-refractivity contribution < 1.29 is 13.2 Å². The number of fused-ring (bicyclic) bond motifs is 3. The Morgan fingerprint density at radius 3 is 2.61 bits per heavy atom. The summed E-state index contributed by atoms with van der Waals surface area (Å²) in [5, 5.41) is 18.9. The minimum Gasteiger partial charge on any atom is -0.341 e. The molecule has 0 saturated carbocycles. The molecule has 0 bridgehead atoms. The monoisotopic (exact) mass is 543 g/mol. The van der Waals surface area contributed by atoms with Gasteiger partial charge in [0.15, 0.2) is 5.82 Å². The summed E-state index contributed by atoms with van der Waals surface area (Å²) in [6.45, 7) is 2.36. The second-order valence-electron chi connectivity index (χ2n) is 10.1. The van der Waals surface area contributed by atoms with E-state index < -0.39 is 12.7 Å². The Balaban J connectivity index is 1.23. The predicted molar refractivity (Wildman–Crippen MR) is 133 cm³/mol. The molecule has 0 unspecified atom stereocenters. The minimum absolute atomic E-state index is 0.00305. The fraction of sp³-hybridized carbons (Fsp3) is 0.480. The summed E-state index contributed by atoms with van der Waals surface area (Å²) in [5.74, 6) is 2.37. The Kier molecular flexibility index (Phi) is 6.45. The Morgan fingerprint density at radius 2 is 1.87 bits per heavy atom.